The van der Waals surface area contributed by atoms with Gasteiger partial charge in [-0.25, -0.2) is 4.79 Å². The van der Waals surface area contributed by atoms with E-state index >= 15 is 0 Å². The lowest BCUT2D eigenvalue weighted by molar-refractivity contribution is -0.536. The average Bonchev–Trinajstić information content (AvgIpc) is 2.34. The van der Waals surface area contributed by atoms with Gasteiger partial charge < -0.3 is 10.1 Å². The first-order valence-corrected chi connectivity index (χ1v) is 8.10. The van der Waals surface area contributed by atoms with Crippen molar-refractivity contribution in [1.29, 1.82) is 0 Å². The maximum atomic E-state index is 12.0. The molecule has 0 saturated heterocycles. The monoisotopic (exact) mass is 436 g/mol. The molecule has 0 aliphatic carbocycles. The van der Waals surface area contributed by atoms with Crippen LogP contribution < -0.4 is 5.32 Å². The minimum absolute atomic E-state index is 0.489. The molecule has 0 radical (unpaired) electrons. The van der Waals surface area contributed by atoms with Gasteiger partial charge in [-0.15, -0.1) is 0 Å². The highest BCUT2D eigenvalue weighted by Crippen LogP contribution is 2.35. The van der Waals surface area contributed by atoms with Gasteiger partial charge in [0.2, 0.25) is 0 Å². The van der Waals surface area contributed by atoms with Gasteiger partial charge in [-0.1, -0.05) is 28.1 Å². The normalized spacial score (nSPS) is 15.5. The van der Waals surface area contributed by atoms with E-state index in [1.54, 1.807) is 45.0 Å². The van der Waals surface area contributed by atoms with Gasteiger partial charge >= 0.3 is 6.09 Å². The molecule has 2 atom stereocenters. The number of hydrogen-bond donors (Lipinski definition) is 1. The molecule has 0 aliphatic rings. The fourth-order valence-electron chi connectivity index (χ4n) is 1.71. The summed E-state index contributed by atoms with van der Waals surface area (Å²) in [6.45, 7) is 6.56. The fraction of sp³-hybridized carbons (Fsp3) is 0.500. The fourth-order valence-corrected chi connectivity index (χ4v) is 2.35. The molecular weight excluding hydrogens is 420 g/mol. The second-order valence-electron chi connectivity index (χ2n) is 5.91. The summed E-state index contributed by atoms with van der Waals surface area (Å²) < 4.78 is 4.45. The lowest BCUT2D eigenvalue weighted by Gasteiger charge is -2.28. The van der Waals surface area contributed by atoms with Crippen molar-refractivity contribution in [1.82, 2.24) is 5.32 Å². The first-order valence-electron chi connectivity index (χ1n) is 6.52. The Labute approximate surface area is 146 Å². The van der Waals surface area contributed by atoms with Gasteiger partial charge in [0.25, 0.3) is 4.45 Å². The predicted octanol–water partition coefficient (Wildman–Crippen LogP) is 4.40. The number of halogens is 2. The molecule has 1 aromatic carbocycles. The molecule has 8 heteroatoms. The van der Waals surface area contributed by atoms with Gasteiger partial charge in [0.15, 0.2) is 0 Å². The summed E-state index contributed by atoms with van der Waals surface area (Å²) >= 11 is 6.40. The van der Waals surface area contributed by atoms with Crippen LogP contribution in [-0.2, 0) is 4.74 Å². The molecule has 22 heavy (non-hydrogen) atoms. The Kier molecular flexibility index (Phi) is 5.97. The first-order chi connectivity index (χ1) is 9.93. The van der Waals surface area contributed by atoms with Gasteiger partial charge in [-0.3, -0.25) is 10.1 Å². The van der Waals surface area contributed by atoms with Crippen LogP contribution in [0.2, 0.25) is 0 Å². The zero-order chi connectivity index (χ0) is 17.1. The molecule has 1 N–H and O–H groups in total. The van der Waals surface area contributed by atoms with Gasteiger partial charge in [0, 0.05) is 32.2 Å². The van der Waals surface area contributed by atoms with Crippen LogP contribution in [0.15, 0.2) is 28.7 Å². The van der Waals surface area contributed by atoms with Crippen LogP contribution in [-0.4, -0.2) is 21.1 Å². The first kappa shape index (κ1) is 18.9. The molecule has 0 unspecified atom stereocenters. The van der Waals surface area contributed by atoms with Crippen LogP contribution in [0, 0.1) is 10.1 Å². The lowest BCUT2D eigenvalue weighted by atomic mass is 10.0. The number of nitro groups is 1. The molecule has 0 aromatic heterocycles. The highest BCUT2D eigenvalue weighted by molar-refractivity contribution is 9.10. The van der Waals surface area contributed by atoms with Crippen molar-refractivity contribution in [3.63, 3.8) is 0 Å². The molecule has 1 amide bonds. The van der Waals surface area contributed by atoms with Crippen molar-refractivity contribution in [2.45, 2.75) is 43.8 Å². The van der Waals surface area contributed by atoms with E-state index in [2.05, 4.69) is 37.2 Å². The molecule has 122 valence electrons. The second-order valence-corrected chi connectivity index (χ2v) is 8.43. The average molecular weight is 438 g/mol. The van der Waals surface area contributed by atoms with Crippen molar-refractivity contribution in [3.8, 4) is 0 Å². The molecule has 1 aromatic rings. The van der Waals surface area contributed by atoms with Crippen LogP contribution in [0.4, 0.5) is 4.79 Å². The van der Waals surface area contributed by atoms with Crippen molar-refractivity contribution >= 4 is 38.0 Å². The number of rotatable bonds is 4. The maximum absolute atomic E-state index is 12.0. The third-order valence-electron chi connectivity index (χ3n) is 2.75. The van der Waals surface area contributed by atoms with Crippen LogP contribution in [0.3, 0.4) is 0 Å². The van der Waals surface area contributed by atoms with E-state index in [1.807, 2.05) is 0 Å². The molecule has 0 bridgehead atoms. The van der Waals surface area contributed by atoms with Crippen molar-refractivity contribution in [2.75, 3.05) is 0 Å². The summed E-state index contributed by atoms with van der Waals surface area (Å²) in [7, 11) is 0. The topological polar surface area (TPSA) is 81.5 Å². The minimum Gasteiger partial charge on any atom is -0.444 e. The van der Waals surface area contributed by atoms with Crippen molar-refractivity contribution in [2.24, 2.45) is 0 Å². The number of hydrogen-bond acceptors (Lipinski definition) is 4. The Bertz CT molecular complexity index is 553. The number of amides is 1. The third kappa shape index (κ3) is 5.24. The van der Waals surface area contributed by atoms with Gasteiger partial charge in [-0.05, 0) is 38.5 Å². The number of benzene rings is 1. The largest absolute Gasteiger partial charge is 0.444 e. The van der Waals surface area contributed by atoms with E-state index in [1.165, 1.54) is 6.92 Å². The molecule has 1 rings (SSSR count). The van der Waals surface area contributed by atoms with E-state index in [4.69, 9.17) is 4.74 Å². The predicted molar refractivity (Wildman–Crippen MR) is 90.6 cm³/mol. The summed E-state index contributed by atoms with van der Waals surface area (Å²) in [6, 6.07) is 6.01. The number of carbonyl (C=O) groups excluding carboxylic acids is 1. The molecule has 0 aliphatic heterocycles. The number of nitrogens with zero attached hydrogens (tertiary/aromatic N) is 1. The Balaban J connectivity index is 3.10. The van der Waals surface area contributed by atoms with Crippen LogP contribution in [0.5, 0.6) is 0 Å². The van der Waals surface area contributed by atoms with E-state index in [9.17, 15) is 14.9 Å². The zero-order valence-corrected chi connectivity index (χ0v) is 15.9. The minimum atomic E-state index is -1.57. The summed E-state index contributed by atoms with van der Waals surface area (Å²) in [5.41, 5.74) is -0.101. The highest BCUT2D eigenvalue weighted by Gasteiger charge is 2.45. The molecular formula is C14H18Br2N2O4. The number of ether oxygens (including phenoxy) is 1. The van der Waals surface area contributed by atoms with E-state index in [0.29, 0.717) is 5.56 Å². The second kappa shape index (κ2) is 6.95. The number of alkyl halides is 1. The zero-order valence-electron chi connectivity index (χ0n) is 12.7. The summed E-state index contributed by atoms with van der Waals surface area (Å²) in [4.78, 5) is 22.8. The van der Waals surface area contributed by atoms with Crippen molar-refractivity contribution < 1.29 is 14.5 Å². The SMILES string of the molecule is CC(C)(C)OC(=O)N[C@@H](c1ccc(Br)cc1)[C@](C)(Br)[N+](=O)[O-]. The van der Waals surface area contributed by atoms with E-state index in [-0.39, 0.29) is 0 Å². The lowest BCUT2D eigenvalue weighted by Crippen LogP contribution is -2.46. The molecule has 0 spiro atoms. The smallest absolute Gasteiger partial charge is 0.408 e. The quantitative estimate of drug-likeness (QED) is 0.327. The molecule has 0 heterocycles. The highest BCUT2D eigenvalue weighted by atomic mass is 79.9. The van der Waals surface area contributed by atoms with E-state index < -0.39 is 27.1 Å². The summed E-state index contributed by atoms with van der Waals surface area (Å²) in [5, 5.41) is 13.9. The molecule has 0 saturated carbocycles. The Morgan fingerprint density at radius 3 is 2.18 bits per heavy atom. The van der Waals surface area contributed by atoms with E-state index in [0.717, 1.165) is 4.47 Å². The third-order valence-corrected chi connectivity index (χ3v) is 4.02. The maximum Gasteiger partial charge on any atom is 0.408 e. The standard InChI is InChI=1S/C14H18Br2N2O4/c1-13(2,3)22-12(19)17-11(14(4,16)18(20)21)9-5-7-10(15)8-6-9/h5-8,11H,1-4H3,(H,17,19)/t11-,14+/m0/s1. The van der Waals surface area contributed by atoms with Crippen molar-refractivity contribution in [3.05, 3.63) is 44.4 Å². The number of nitrogens with one attached hydrogen (secondary N) is 1. The van der Waals surface area contributed by atoms with Gasteiger partial charge in [0.1, 0.15) is 11.6 Å². The van der Waals surface area contributed by atoms with Crippen LogP contribution >= 0.6 is 31.9 Å². The molecule has 6 nitrogen and oxygen atoms in total. The Hall–Kier alpha value is -1.15. The molecule has 0 fully saturated rings. The Morgan fingerprint density at radius 2 is 1.77 bits per heavy atom. The Morgan fingerprint density at radius 1 is 1.27 bits per heavy atom. The summed E-state index contributed by atoms with van der Waals surface area (Å²) in [6.07, 6.45) is -0.715. The summed E-state index contributed by atoms with van der Waals surface area (Å²) in [5.74, 6) is 0. The number of alkyl carbamates (subject to hydrolysis) is 1. The van der Waals surface area contributed by atoms with Crippen LogP contribution in [0.1, 0.15) is 39.3 Å². The van der Waals surface area contributed by atoms with Gasteiger partial charge in [-0.2, -0.15) is 0 Å². The van der Waals surface area contributed by atoms with Gasteiger partial charge in [0.05, 0.1) is 0 Å². The van der Waals surface area contributed by atoms with Crippen LogP contribution in [0.25, 0.3) is 0 Å². The number of carbonyl (C=O) groups is 1.